The summed E-state index contributed by atoms with van der Waals surface area (Å²) < 4.78 is 30.7. The summed E-state index contributed by atoms with van der Waals surface area (Å²) in [5.74, 6) is -5.14. The molecular formula is C22H19F2N3O5S. The van der Waals surface area contributed by atoms with Crippen LogP contribution in [0, 0.1) is 0 Å². The van der Waals surface area contributed by atoms with Gasteiger partial charge in [0.05, 0.1) is 16.9 Å². The predicted octanol–water partition coefficient (Wildman–Crippen LogP) is 3.09. The fraction of sp³-hybridized carbons (Fsp3) is 0.273. The van der Waals surface area contributed by atoms with Gasteiger partial charge in [-0.05, 0) is 24.3 Å². The molecule has 2 aliphatic rings. The molecule has 1 fully saturated rings. The molecule has 33 heavy (non-hydrogen) atoms. The van der Waals surface area contributed by atoms with Crippen LogP contribution in [-0.2, 0) is 19.1 Å². The SMILES string of the molecule is CN1C(=O)c2ccccc2N2C(=O)CCC12C(=O)OCC(=O)Nc1ccccc1SC(F)F. The lowest BCUT2D eigenvalue weighted by Gasteiger charge is -2.46. The molecular weight excluding hydrogens is 456 g/mol. The maximum atomic E-state index is 13.2. The molecule has 0 radical (unpaired) electrons. The highest BCUT2D eigenvalue weighted by atomic mass is 32.2. The number of ether oxygens (including phenoxy) is 1. The van der Waals surface area contributed by atoms with Crippen molar-refractivity contribution >= 4 is 46.8 Å². The molecule has 1 atom stereocenters. The van der Waals surface area contributed by atoms with Crippen LogP contribution in [0.5, 0.6) is 0 Å². The number of hydrogen-bond acceptors (Lipinski definition) is 6. The van der Waals surface area contributed by atoms with Crippen molar-refractivity contribution in [2.45, 2.75) is 29.2 Å². The topological polar surface area (TPSA) is 96.0 Å². The van der Waals surface area contributed by atoms with Crippen LogP contribution in [-0.4, -0.2) is 53.7 Å². The van der Waals surface area contributed by atoms with Crippen LogP contribution >= 0.6 is 11.8 Å². The third kappa shape index (κ3) is 3.92. The van der Waals surface area contributed by atoms with Gasteiger partial charge < -0.3 is 15.0 Å². The monoisotopic (exact) mass is 475 g/mol. The second-order valence-corrected chi connectivity index (χ2v) is 8.46. The molecule has 4 rings (SSSR count). The summed E-state index contributed by atoms with van der Waals surface area (Å²) in [6, 6.07) is 12.5. The Hall–Kier alpha value is -3.47. The molecule has 2 heterocycles. The largest absolute Gasteiger partial charge is 0.452 e. The Kier molecular flexibility index (Phi) is 6.07. The summed E-state index contributed by atoms with van der Waals surface area (Å²) in [6.07, 6.45) is 0.0300. The average molecular weight is 475 g/mol. The molecule has 0 saturated carbocycles. The minimum Gasteiger partial charge on any atom is -0.452 e. The maximum Gasteiger partial charge on any atom is 0.354 e. The van der Waals surface area contributed by atoms with Crippen molar-refractivity contribution < 1.29 is 32.7 Å². The highest BCUT2D eigenvalue weighted by Gasteiger charge is 2.60. The third-order valence-corrected chi connectivity index (χ3v) is 6.37. The summed E-state index contributed by atoms with van der Waals surface area (Å²) >= 11 is 0.276. The molecule has 1 saturated heterocycles. The maximum absolute atomic E-state index is 13.2. The van der Waals surface area contributed by atoms with E-state index in [0.29, 0.717) is 5.69 Å². The minimum absolute atomic E-state index is 0.0106. The van der Waals surface area contributed by atoms with Gasteiger partial charge in [-0.25, -0.2) is 4.79 Å². The van der Waals surface area contributed by atoms with Crippen LogP contribution in [0.4, 0.5) is 20.2 Å². The first kappa shape index (κ1) is 22.7. The lowest BCUT2D eigenvalue weighted by atomic mass is 9.97. The highest BCUT2D eigenvalue weighted by Crippen LogP contribution is 2.44. The number of esters is 1. The van der Waals surface area contributed by atoms with E-state index in [9.17, 15) is 28.0 Å². The van der Waals surface area contributed by atoms with E-state index in [2.05, 4.69) is 5.32 Å². The minimum atomic E-state index is -2.67. The Morgan fingerprint density at radius 2 is 1.85 bits per heavy atom. The van der Waals surface area contributed by atoms with Gasteiger partial charge in [-0.1, -0.05) is 36.0 Å². The zero-order valence-electron chi connectivity index (χ0n) is 17.4. The molecule has 0 aliphatic carbocycles. The van der Waals surface area contributed by atoms with Crippen molar-refractivity contribution in [3.63, 3.8) is 0 Å². The Morgan fingerprint density at radius 3 is 2.61 bits per heavy atom. The number of rotatable bonds is 6. The van der Waals surface area contributed by atoms with E-state index in [4.69, 9.17) is 4.74 Å². The molecule has 1 N–H and O–H groups in total. The molecule has 172 valence electrons. The van der Waals surface area contributed by atoms with Gasteiger partial charge in [0.1, 0.15) is 0 Å². The van der Waals surface area contributed by atoms with Crippen LogP contribution in [0.1, 0.15) is 23.2 Å². The molecule has 0 bridgehead atoms. The first-order valence-electron chi connectivity index (χ1n) is 9.97. The van der Waals surface area contributed by atoms with Crippen molar-refractivity contribution in [2.24, 2.45) is 0 Å². The zero-order valence-corrected chi connectivity index (χ0v) is 18.2. The number of anilines is 2. The lowest BCUT2D eigenvalue weighted by Crippen LogP contribution is -2.67. The van der Waals surface area contributed by atoms with E-state index in [1.165, 1.54) is 24.1 Å². The summed E-state index contributed by atoms with van der Waals surface area (Å²) in [7, 11) is 1.41. The number of benzene rings is 2. The van der Waals surface area contributed by atoms with E-state index in [-0.39, 0.29) is 46.7 Å². The molecule has 0 spiro atoms. The number of likely N-dealkylation sites (N-methyl/N-ethyl adjacent to an activating group) is 1. The number of amides is 3. The van der Waals surface area contributed by atoms with Gasteiger partial charge in [-0.15, -0.1) is 0 Å². The Labute approximate surface area is 191 Å². The number of halogens is 2. The molecule has 2 aromatic rings. The van der Waals surface area contributed by atoms with Crippen LogP contribution < -0.4 is 10.2 Å². The second kappa shape index (κ2) is 8.81. The van der Waals surface area contributed by atoms with Gasteiger partial charge >= 0.3 is 5.97 Å². The number of fused-ring (bicyclic) bond motifs is 3. The number of para-hydroxylation sites is 2. The van der Waals surface area contributed by atoms with Gasteiger partial charge in [0.15, 0.2) is 6.61 Å². The second-order valence-electron chi connectivity index (χ2n) is 7.43. The Morgan fingerprint density at radius 1 is 1.15 bits per heavy atom. The third-order valence-electron chi connectivity index (χ3n) is 5.58. The van der Waals surface area contributed by atoms with E-state index in [0.717, 1.165) is 4.90 Å². The normalized spacial score (nSPS) is 19.4. The van der Waals surface area contributed by atoms with E-state index in [1.54, 1.807) is 36.4 Å². The standard InChI is InChI=1S/C22H19F2N3O5S/c1-26-19(30)13-6-2-4-8-15(13)27-18(29)10-11-22(26,27)20(31)32-12-17(28)25-14-7-3-5-9-16(14)33-21(23)24/h2-9,21H,10-12H2,1H3,(H,25,28). The number of alkyl halides is 2. The van der Waals surface area contributed by atoms with Gasteiger partial charge in [0.25, 0.3) is 17.6 Å². The first-order chi connectivity index (χ1) is 15.8. The summed E-state index contributed by atoms with van der Waals surface area (Å²) in [5.41, 5.74) is -0.961. The summed E-state index contributed by atoms with van der Waals surface area (Å²) in [4.78, 5) is 53.7. The van der Waals surface area contributed by atoms with E-state index < -0.39 is 35.8 Å². The Bertz CT molecular complexity index is 1140. The number of carbonyl (C=O) groups is 4. The predicted molar refractivity (Wildman–Crippen MR) is 116 cm³/mol. The Balaban J connectivity index is 1.52. The number of carbonyl (C=O) groups excluding carboxylic acids is 4. The molecule has 8 nitrogen and oxygen atoms in total. The number of nitrogens with one attached hydrogen (secondary N) is 1. The average Bonchev–Trinajstić information content (AvgIpc) is 3.15. The molecule has 3 amide bonds. The van der Waals surface area contributed by atoms with Crippen molar-refractivity contribution in [1.82, 2.24) is 4.90 Å². The van der Waals surface area contributed by atoms with Crippen molar-refractivity contribution in [2.75, 3.05) is 23.9 Å². The van der Waals surface area contributed by atoms with Crippen LogP contribution in [0.25, 0.3) is 0 Å². The fourth-order valence-electron chi connectivity index (χ4n) is 4.09. The van der Waals surface area contributed by atoms with E-state index >= 15 is 0 Å². The smallest absolute Gasteiger partial charge is 0.354 e. The highest BCUT2D eigenvalue weighted by molar-refractivity contribution is 7.99. The fourth-order valence-corrected chi connectivity index (χ4v) is 4.69. The van der Waals surface area contributed by atoms with Gasteiger partial charge in [0, 0.05) is 24.8 Å². The van der Waals surface area contributed by atoms with Crippen molar-refractivity contribution in [1.29, 1.82) is 0 Å². The first-order valence-corrected chi connectivity index (χ1v) is 10.8. The van der Waals surface area contributed by atoms with Crippen LogP contribution in [0.3, 0.4) is 0 Å². The number of nitrogens with zero attached hydrogens (tertiary/aromatic N) is 2. The lowest BCUT2D eigenvalue weighted by molar-refractivity contribution is -0.158. The van der Waals surface area contributed by atoms with Gasteiger partial charge in [0.2, 0.25) is 11.6 Å². The van der Waals surface area contributed by atoms with Gasteiger partial charge in [-0.2, -0.15) is 8.78 Å². The molecule has 2 aliphatic heterocycles. The summed E-state index contributed by atoms with van der Waals surface area (Å²) in [5, 5.41) is 2.44. The number of thioether (sulfide) groups is 1. The molecule has 1 unspecified atom stereocenters. The molecule has 2 aromatic carbocycles. The quantitative estimate of drug-likeness (QED) is 0.510. The number of hydrogen-bond donors (Lipinski definition) is 1. The van der Waals surface area contributed by atoms with E-state index in [1.807, 2.05) is 0 Å². The van der Waals surface area contributed by atoms with Crippen molar-refractivity contribution in [3.8, 4) is 0 Å². The molecule has 0 aromatic heterocycles. The summed E-state index contributed by atoms with van der Waals surface area (Å²) in [6.45, 7) is -0.722. The van der Waals surface area contributed by atoms with Crippen molar-refractivity contribution in [3.05, 3.63) is 54.1 Å². The van der Waals surface area contributed by atoms with Crippen LogP contribution in [0.15, 0.2) is 53.4 Å². The van der Waals surface area contributed by atoms with Gasteiger partial charge in [-0.3, -0.25) is 19.3 Å². The zero-order chi connectivity index (χ0) is 23.8. The van der Waals surface area contributed by atoms with Crippen LogP contribution in [0.2, 0.25) is 0 Å². The molecule has 11 heteroatoms.